The largest absolute Gasteiger partial charge is 0.381 e. The molecule has 0 spiro atoms. The molecule has 0 aliphatic carbocycles. The summed E-state index contributed by atoms with van der Waals surface area (Å²) in [6.45, 7) is 0. The maximum atomic E-state index is 12.0. The molecule has 0 atom stereocenters. The van der Waals surface area contributed by atoms with Gasteiger partial charge in [-0.3, -0.25) is 9.40 Å². The Morgan fingerprint density at radius 2 is 1.94 bits per heavy atom. The van der Waals surface area contributed by atoms with Gasteiger partial charge in [0.05, 0.1) is 0 Å². The Balaban J connectivity index is 2.33. The van der Waals surface area contributed by atoms with Crippen molar-refractivity contribution in [3.05, 3.63) is 35.5 Å². The summed E-state index contributed by atoms with van der Waals surface area (Å²) in [5.74, 6) is -0.0426. The quantitative estimate of drug-likeness (QED) is 0.894. The van der Waals surface area contributed by atoms with E-state index in [0.29, 0.717) is 10.7 Å². The molecule has 0 amide bonds. The smallest absolute Gasteiger partial charge is 0.267 e. The monoisotopic (exact) mass is 286 g/mol. The van der Waals surface area contributed by atoms with Crippen molar-refractivity contribution in [2.75, 3.05) is 10.5 Å². The van der Waals surface area contributed by atoms with Crippen LogP contribution in [0.1, 0.15) is 0 Å². The third kappa shape index (κ3) is 2.57. The summed E-state index contributed by atoms with van der Waals surface area (Å²) in [6.07, 6.45) is 1.34. The molecule has 0 saturated carbocycles. The first-order valence-corrected chi connectivity index (χ1v) is 6.82. The van der Waals surface area contributed by atoms with Crippen LogP contribution in [0.3, 0.4) is 0 Å². The molecule has 0 aliphatic rings. The molecule has 1 aromatic heterocycles. The molecule has 6 nitrogen and oxygen atoms in total. The van der Waals surface area contributed by atoms with Crippen molar-refractivity contribution in [2.24, 2.45) is 7.05 Å². The molecule has 0 saturated heterocycles. The van der Waals surface area contributed by atoms with Crippen LogP contribution in [0.25, 0.3) is 0 Å². The molecule has 0 fully saturated rings. The summed E-state index contributed by atoms with van der Waals surface area (Å²) >= 11 is 5.72. The second kappa shape index (κ2) is 4.51. The van der Waals surface area contributed by atoms with Gasteiger partial charge in [-0.2, -0.15) is 5.10 Å². The highest BCUT2D eigenvalue weighted by molar-refractivity contribution is 7.92. The van der Waals surface area contributed by atoms with E-state index < -0.39 is 10.0 Å². The van der Waals surface area contributed by atoms with Crippen molar-refractivity contribution in [3.8, 4) is 0 Å². The maximum Gasteiger partial charge on any atom is 0.267 e. The van der Waals surface area contributed by atoms with Gasteiger partial charge in [0, 0.05) is 24.0 Å². The van der Waals surface area contributed by atoms with Crippen LogP contribution in [0.15, 0.2) is 35.4 Å². The van der Waals surface area contributed by atoms with E-state index in [9.17, 15) is 8.42 Å². The molecular weight excluding hydrogens is 276 g/mol. The number of nitrogen functional groups attached to an aromatic ring is 1. The van der Waals surface area contributed by atoms with E-state index in [0.717, 1.165) is 0 Å². The standard InChI is InChI=1S/C10H11ClN4O2S/c1-15-6-9(10(12)13-15)18(16,17)14-8-4-2-7(11)3-5-8/h2-6,14H,1H3,(H2,12,13). The van der Waals surface area contributed by atoms with Gasteiger partial charge in [0.2, 0.25) is 0 Å². The Hall–Kier alpha value is -1.73. The van der Waals surface area contributed by atoms with E-state index in [4.69, 9.17) is 17.3 Å². The van der Waals surface area contributed by atoms with Crippen LogP contribution < -0.4 is 10.5 Å². The maximum absolute atomic E-state index is 12.0. The van der Waals surface area contributed by atoms with Crippen LogP contribution in [-0.4, -0.2) is 18.2 Å². The van der Waals surface area contributed by atoms with Crippen LogP contribution in [0.2, 0.25) is 5.02 Å². The molecular formula is C10H11ClN4O2S. The van der Waals surface area contributed by atoms with E-state index in [-0.39, 0.29) is 10.7 Å². The Kier molecular flexibility index (Phi) is 3.18. The zero-order valence-electron chi connectivity index (χ0n) is 9.46. The predicted molar refractivity (Wildman–Crippen MR) is 69.9 cm³/mol. The van der Waals surface area contributed by atoms with E-state index in [1.165, 1.54) is 10.9 Å². The van der Waals surface area contributed by atoms with Crippen molar-refractivity contribution < 1.29 is 8.42 Å². The zero-order valence-corrected chi connectivity index (χ0v) is 11.0. The first kappa shape index (κ1) is 12.7. The normalized spacial score (nSPS) is 11.4. The Labute approximate surface area is 109 Å². The number of halogens is 1. The lowest BCUT2D eigenvalue weighted by Gasteiger charge is -2.06. The number of hydrogen-bond donors (Lipinski definition) is 2. The Morgan fingerprint density at radius 3 is 2.44 bits per heavy atom. The minimum atomic E-state index is -3.74. The highest BCUT2D eigenvalue weighted by atomic mass is 35.5. The molecule has 3 N–H and O–H groups in total. The number of sulfonamides is 1. The van der Waals surface area contributed by atoms with Gasteiger partial charge in [-0.15, -0.1) is 0 Å². The van der Waals surface area contributed by atoms with Crippen molar-refractivity contribution in [1.29, 1.82) is 0 Å². The Morgan fingerprint density at radius 1 is 1.33 bits per heavy atom. The van der Waals surface area contributed by atoms with E-state index in [1.54, 1.807) is 31.3 Å². The summed E-state index contributed by atoms with van der Waals surface area (Å²) < 4.78 is 27.8. The van der Waals surface area contributed by atoms with Gasteiger partial charge in [0.15, 0.2) is 5.82 Å². The molecule has 0 aliphatic heterocycles. The van der Waals surface area contributed by atoms with Crippen LogP contribution in [0.5, 0.6) is 0 Å². The number of benzene rings is 1. The molecule has 0 unspecified atom stereocenters. The number of hydrogen-bond acceptors (Lipinski definition) is 4. The van der Waals surface area contributed by atoms with Crippen molar-refractivity contribution in [3.63, 3.8) is 0 Å². The molecule has 1 aromatic carbocycles. The first-order valence-electron chi connectivity index (χ1n) is 4.96. The number of aryl methyl sites for hydroxylation is 1. The minimum absolute atomic E-state index is 0.0426. The van der Waals surface area contributed by atoms with Crippen LogP contribution in [-0.2, 0) is 17.1 Å². The second-order valence-electron chi connectivity index (χ2n) is 3.66. The van der Waals surface area contributed by atoms with Gasteiger partial charge in [-0.1, -0.05) is 11.6 Å². The third-order valence-corrected chi connectivity index (χ3v) is 3.86. The first-order chi connectivity index (χ1) is 8.38. The molecule has 1 heterocycles. The second-order valence-corrected chi connectivity index (χ2v) is 5.75. The zero-order chi connectivity index (χ0) is 13.3. The average molecular weight is 287 g/mol. The SMILES string of the molecule is Cn1cc(S(=O)(=O)Nc2ccc(Cl)cc2)c(N)n1. The minimum Gasteiger partial charge on any atom is -0.381 e. The molecule has 18 heavy (non-hydrogen) atoms. The van der Waals surface area contributed by atoms with Crippen molar-refractivity contribution in [2.45, 2.75) is 4.90 Å². The molecule has 2 rings (SSSR count). The number of nitrogens with zero attached hydrogens (tertiary/aromatic N) is 2. The van der Waals surface area contributed by atoms with Gasteiger partial charge in [-0.05, 0) is 24.3 Å². The predicted octanol–water partition coefficient (Wildman–Crippen LogP) is 1.46. The Bertz CT molecular complexity index is 664. The van der Waals surface area contributed by atoms with Gasteiger partial charge in [0.1, 0.15) is 4.90 Å². The van der Waals surface area contributed by atoms with Gasteiger partial charge in [-0.25, -0.2) is 8.42 Å². The lowest BCUT2D eigenvalue weighted by atomic mass is 10.3. The summed E-state index contributed by atoms with van der Waals surface area (Å²) in [5, 5.41) is 4.31. The molecule has 0 bridgehead atoms. The highest BCUT2D eigenvalue weighted by Crippen LogP contribution is 2.21. The summed E-state index contributed by atoms with van der Waals surface area (Å²) in [5.41, 5.74) is 5.94. The van der Waals surface area contributed by atoms with Gasteiger partial charge < -0.3 is 5.73 Å². The summed E-state index contributed by atoms with van der Waals surface area (Å²) in [6, 6.07) is 6.30. The van der Waals surface area contributed by atoms with Crippen molar-refractivity contribution in [1.82, 2.24) is 9.78 Å². The number of nitrogens with two attached hydrogens (primary N) is 1. The third-order valence-electron chi connectivity index (χ3n) is 2.21. The summed E-state index contributed by atoms with van der Waals surface area (Å²) in [4.78, 5) is -0.0556. The average Bonchev–Trinajstić information content (AvgIpc) is 2.62. The highest BCUT2D eigenvalue weighted by Gasteiger charge is 2.20. The number of nitrogens with one attached hydrogen (secondary N) is 1. The number of anilines is 2. The lowest BCUT2D eigenvalue weighted by Crippen LogP contribution is -2.13. The fraction of sp³-hybridized carbons (Fsp3) is 0.100. The topological polar surface area (TPSA) is 90.0 Å². The summed E-state index contributed by atoms with van der Waals surface area (Å²) in [7, 11) is -2.14. The molecule has 2 aromatic rings. The van der Waals surface area contributed by atoms with E-state index >= 15 is 0 Å². The van der Waals surface area contributed by atoms with Crippen LogP contribution in [0.4, 0.5) is 11.5 Å². The molecule has 96 valence electrons. The molecule has 0 radical (unpaired) electrons. The van der Waals surface area contributed by atoms with Crippen LogP contribution >= 0.6 is 11.6 Å². The lowest BCUT2D eigenvalue weighted by molar-refractivity contribution is 0.601. The number of rotatable bonds is 3. The van der Waals surface area contributed by atoms with Gasteiger partial charge in [0.25, 0.3) is 10.0 Å². The molecule has 8 heteroatoms. The van der Waals surface area contributed by atoms with E-state index in [1.807, 2.05) is 0 Å². The fourth-order valence-corrected chi connectivity index (χ4v) is 2.71. The van der Waals surface area contributed by atoms with Crippen molar-refractivity contribution >= 4 is 33.1 Å². The fourth-order valence-electron chi connectivity index (χ4n) is 1.42. The van der Waals surface area contributed by atoms with Crippen LogP contribution in [0, 0.1) is 0 Å². The van der Waals surface area contributed by atoms with E-state index in [2.05, 4.69) is 9.82 Å². The van der Waals surface area contributed by atoms with Gasteiger partial charge >= 0.3 is 0 Å². The number of aromatic nitrogens is 2.